The Hall–Kier alpha value is -4.12. The fourth-order valence-electron chi connectivity index (χ4n) is 3.37. The molecule has 0 saturated carbocycles. The monoisotopic (exact) mass is 424 g/mol. The van der Waals surface area contributed by atoms with Gasteiger partial charge < -0.3 is 15.2 Å². The second kappa shape index (κ2) is 10.3. The number of aliphatic carboxylic acids is 1. The minimum Gasteiger partial charge on any atom is -0.489 e. The van der Waals surface area contributed by atoms with Gasteiger partial charge in [-0.1, -0.05) is 66.7 Å². The fraction of sp³-hybridized carbons (Fsp3) is 0.111. The van der Waals surface area contributed by atoms with E-state index in [1.54, 1.807) is 6.07 Å². The zero-order valence-corrected chi connectivity index (χ0v) is 17.5. The van der Waals surface area contributed by atoms with Gasteiger partial charge in [-0.05, 0) is 47.5 Å². The molecule has 4 rings (SSSR count). The molecule has 5 nitrogen and oxygen atoms in total. The SMILES string of the molecule is O=C(O)C(Cc1ccccc1)Nc1cccc(-c2ccc(OCc3ccccc3)cc2)n1. The molecule has 0 aliphatic carbocycles. The van der Waals surface area contributed by atoms with Crippen molar-refractivity contribution in [1.82, 2.24) is 4.98 Å². The summed E-state index contributed by atoms with van der Waals surface area (Å²) in [5.74, 6) is 0.386. The minimum atomic E-state index is -0.916. The van der Waals surface area contributed by atoms with Crippen LogP contribution < -0.4 is 10.1 Å². The first-order chi connectivity index (χ1) is 15.7. The topological polar surface area (TPSA) is 71.5 Å². The third-order valence-electron chi connectivity index (χ3n) is 5.05. The maximum absolute atomic E-state index is 11.8. The van der Waals surface area contributed by atoms with E-state index in [2.05, 4.69) is 10.3 Å². The Bertz CT molecular complexity index is 1150. The fourth-order valence-corrected chi connectivity index (χ4v) is 3.37. The second-order valence-electron chi connectivity index (χ2n) is 7.43. The van der Waals surface area contributed by atoms with Gasteiger partial charge in [-0.15, -0.1) is 0 Å². The zero-order valence-electron chi connectivity index (χ0n) is 17.5. The molecule has 0 radical (unpaired) electrons. The van der Waals surface area contributed by atoms with Crippen LogP contribution in [-0.4, -0.2) is 22.1 Å². The molecule has 0 bridgehead atoms. The third kappa shape index (κ3) is 5.73. The molecule has 3 aromatic carbocycles. The summed E-state index contributed by atoms with van der Waals surface area (Å²) in [4.78, 5) is 16.4. The van der Waals surface area contributed by atoms with Crippen molar-refractivity contribution in [3.05, 3.63) is 114 Å². The van der Waals surface area contributed by atoms with Crippen LogP contribution >= 0.6 is 0 Å². The summed E-state index contributed by atoms with van der Waals surface area (Å²) in [6.07, 6.45) is 0.371. The van der Waals surface area contributed by atoms with Gasteiger partial charge in [0.2, 0.25) is 0 Å². The predicted octanol–water partition coefficient (Wildman–Crippen LogP) is 5.44. The molecule has 5 heteroatoms. The van der Waals surface area contributed by atoms with Crippen molar-refractivity contribution in [1.29, 1.82) is 0 Å². The Labute approximate surface area is 187 Å². The predicted molar refractivity (Wildman–Crippen MR) is 126 cm³/mol. The van der Waals surface area contributed by atoms with Gasteiger partial charge in [0, 0.05) is 12.0 Å². The van der Waals surface area contributed by atoms with Crippen LogP contribution in [0.5, 0.6) is 5.75 Å². The zero-order chi connectivity index (χ0) is 22.2. The molecule has 1 aromatic heterocycles. The van der Waals surface area contributed by atoms with Gasteiger partial charge in [0.15, 0.2) is 0 Å². The van der Waals surface area contributed by atoms with E-state index in [0.29, 0.717) is 18.8 Å². The van der Waals surface area contributed by atoms with Crippen LogP contribution in [0.4, 0.5) is 5.82 Å². The van der Waals surface area contributed by atoms with Gasteiger partial charge in [0.05, 0.1) is 5.69 Å². The van der Waals surface area contributed by atoms with Crippen LogP contribution in [0.2, 0.25) is 0 Å². The molecular weight excluding hydrogens is 400 g/mol. The van der Waals surface area contributed by atoms with Gasteiger partial charge in [0.1, 0.15) is 24.2 Å². The Morgan fingerprint density at radius 1 is 0.812 bits per heavy atom. The summed E-state index contributed by atoms with van der Waals surface area (Å²) in [5, 5.41) is 12.7. The van der Waals surface area contributed by atoms with E-state index in [4.69, 9.17) is 4.74 Å². The highest BCUT2D eigenvalue weighted by Gasteiger charge is 2.18. The van der Waals surface area contributed by atoms with Crippen molar-refractivity contribution in [3.8, 4) is 17.0 Å². The molecule has 1 unspecified atom stereocenters. The van der Waals surface area contributed by atoms with Gasteiger partial charge in [0.25, 0.3) is 0 Å². The highest BCUT2D eigenvalue weighted by Crippen LogP contribution is 2.23. The molecule has 0 fully saturated rings. The number of nitrogens with zero attached hydrogens (tertiary/aromatic N) is 1. The lowest BCUT2D eigenvalue weighted by Gasteiger charge is -2.16. The standard InChI is InChI=1S/C27H24N2O3/c30-27(31)25(18-20-8-3-1-4-9-20)29-26-13-7-12-24(28-26)22-14-16-23(17-15-22)32-19-21-10-5-2-6-11-21/h1-17,25H,18-19H2,(H,28,29)(H,30,31). The largest absolute Gasteiger partial charge is 0.489 e. The number of hydrogen-bond acceptors (Lipinski definition) is 4. The quantitative estimate of drug-likeness (QED) is 0.375. The number of aromatic nitrogens is 1. The van der Waals surface area contributed by atoms with E-state index < -0.39 is 12.0 Å². The lowest BCUT2D eigenvalue weighted by molar-refractivity contribution is -0.137. The van der Waals surface area contributed by atoms with E-state index in [0.717, 1.165) is 28.1 Å². The highest BCUT2D eigenvalue weighted by atomic mass is 16.5. The molecule has 0 amide bonds. The van der Waals surface area contributed by atoms with E-state index in [1.165, 1.54) is 0 Å². The maximum atomic E-state index is 11.8. The summed E-state index contributed by atoms with van der Waals surface area (Å²) < 4.78 is 5.84. The normalized spacial score (nSPS) is 11.5. The maximum Gasteiger partial charge on any atom is 0.326 e. The molecule has 2 N–H and O–H groups in total. The number of nitrogens with one attached hydrogen (secondary N) is 1. The van der Waals surface area contributed by atoms with E-state index >= 15 is 0 Å². The lowest BCUT2D eigenvalue weighted by atomic mass is 10.1. The Morgan fingerprint density at radius 2 is 1.47 bits per heavy atom. The molecule has 0 saturated heterocycles. The Kier molecular flexibility index (Phi) is 6.78. The van der Waals surface area contributed by atoms with Gasteiger partial charge in [-0.3, -0.25) is 0 Å². The van der Waals surface area contributed by atoms with Crippen LogP contribution in [0.25, 0.3) is 11.3 Å². The first-order valence-corrected chi connectivity index (χ1v) is 10.4. The number of pyridine rings is 1. The van der Waals surface area contributed by atoms with Gasteiger partial charge >= 0.3 is 5.97 Å². The molecule has 32 heavy (non-hydrogen) atoms. The van der Waals surface area contributed by atoms with Gasteiger partial charge in [-0.25, -0.2) is 9.78 Å². The number of carboxylic acid groups (broad SMARTS) is 1. The first kappa shape index (κ1) is 21.1. The van der Waals surface area contributed by atoms with E-state index in [-0.39, 0.29) is 0 Å². The number of hydrogen-bond donors (Lipinski definition) is 2. The smallest absolute Gasteiger partial charge is 0.326 e. The van der Waals surface area contributed by atoms with E-state index in [1.807, 2.05) is 97.1 Å². The van der Waals surface area contributed by atoms with E-state index in [9.17, 15) is 9.90 Å². The van der Waals surface area contributed by atoms with Crippen molar-refractivity contribution in [2.24, 2.45) is 0 Å². The Balaban J connectivity index is 1.43. The van der Waals surface area contributed by atoms with Crippen LogP contribution in [0, 0.1) is 0 Å². The average Bonchev–Trinajstić information content (AvgIpc) is 2.84. The summed E-state index contributed by atoms with van der Waals surface area (Å²) >= 11 is 0. The second-order valence-corrected chi connectivity index (χ2v) is 7.43. The Morgan fingerprint density at radius 3 is 2.12 bits per heavy atom. The molecule has 0 aliphatic heterocycles. The van der Waals surface area contributed by atoms with Crippen molar-refractivity contribution in [2.45, 2.75) is 19.1 Å². The number of carboxylic acids is 1. The van der Waals surface area contributed by atoms with Crippen LogP contribution in [0.3, 0.4) is 0 Å². The van der Waals surface area contributed by atoms with Crippen LogP contribution in [0.1, 0.15) is 11.1 Å². The summed E-state index contributed by atoms with van der Waals surface area (Å²) in [6.45, 7) is 0.510. The summed E-state index contributed by atoms with van der Waals surface area (Å²) in [7, 11) is 0. The highest BCUT2D eigenvalue weighted by molar-refractivity contribution is 5.77. The number of carbonyl (C=O) groups is 1. The number of ether oxygens (including phenoxy) is 1. The van der Waals surface area contributed by atoms with Crippen LogP contribution in [0.15, 0.2) is 103 Å². The van der Waals surface area contributed by atoms with Gasteiger partial charge in [-0.2, -0.15) is 0 Å². The molecule has 4 aromatic rings. The average molecular weight is 425 g/mol. The molecule has 1 atom stereocenters. The van der Waals surface area contributed by atoms with Crippen LogP contribution in [-0.2, 0) is 17.8 Å². The number of benzene rings is 3. The molecule has 0 aliphatic rings. The van der Waals surface area contributed by atoms with Crippen molar-refractivity contribution >= 4 is 11.8 Å². The summed E-state index contributed by atoms with van der Waals surface area (Å²) in [5.41, 5.74) is 3.75. The lowest BCUT2D eigenvalue weighted by Crippen LogP contribution is -2.31. The van der Waals surface area contributed by atoms with Crippen molar-refractivity contribution in [3.63, 3.8) is 0 Å². The molecular formula is C27H24N2O3. The number of anilines is 1. The molecule has 1 heterocycles. The first-order valence-electron chi connectivity index (χ1n) is 10.4. The van der Waals surface area contributed by atoms with Crippen molar-refractivity contribution < 1.29 is 14.6 Å². The summed E-state index contributed by atoms with van der Waals surface area (Å²) in [6, 6.07) is 32.1. The molecule has 160 valence electrons. The molecule has 0 spiro atoms. The van der Waals surface area contributed by atoms with Crippen molar-refractivity contribution in [2.75, 3.05) is 5.32 Å². The third-order valence-corrected chi connectivity index (χ3v) is 5.05. The minimum absolute atomic E-state index is 0.371. The number of rotatable bonds is 9.